The summed E-state index contributed by atoms with van der Waals surface area (Å²) in [6, 6.07) is 6.31. The Morgan fingerprint density at radius 2 is 1.78 bits per heavy atom. The fourth-order valence-electron chi connectivity index (χ4n) is 2.07. The van der Waals surface area contributed by atoms with Gasteiger partial charge in [-0.3, -0.25) is 0 Å². The van der Waals surface area contributed by atoms with E-state index in [9.17, 15) is 13.0 Å². The molecule has 0 radical (unpaired) electrons. The van der Waals surface area contributed by atoms with Crippen LogP contribution in [0.1, 0.15) is 45.1 Å². The summed E-state index contributed by atoms with van der Waals surface area (Å²) in [4.78, 5) is -0.146. The van der Waals surface area contributed by atoms with E-state index >= 15 is 0 Å². The first-order valence-corrected chi connectivity index (χ1v) is 7.93. The third-order valence-electron chi connectivity index (χ3n) is 3.28. The van der Waals surface area contributed by atoms with Crippen molar-refractivity contribution in [1.82, 2.24) is 0 Å². The van der Waals surface area contributed by atoms with Crippen LogP contribution in [-0.4, -0.2) is 13.0 Å². The van der Waals surface area contributed by atoms with Crippen LogP contribution in [-0.2, 0) is 16.5 Å². The van der Waals surface area contributed by atoms with Gasteiger partial charge in [-0.05, 0) is 30.0 Å². The highest BCUT2D eigenvalue weighted by molar-refractivity contribution is 7.85. The predicted octanol–water partition coefficient (Wildman–Crippen LogP) is 3.35. The van der Waals surface area contributed by atoms with Crippen LogP contribution in [0.3, 0.4) is 0 Å². The minimum absolute atomic E-state index is 0.146. The van der Waals surface area contributed by atoms with Crippen LogP contribution in [0, 0.1) is 5.92 Å². The minimum atomic E-state index is -4.32. The summed E-state index contributed by atoms with van der Waals surface area (Å²) >= 11 is 0. The highest BCUT2D eigenvalue weighted by Gasteiger charge is 2.08. The second-order valence-electron chi connectivity index (χ2n) is 4.72. The number of hydrogen-bond donors (Lipinski definition) is 0. The zero-order valence-corrected chi connectivity index (χ0v) is 11.9. The van der Waals surface area contributed by atoms with Crippen molar-refractivity contribution in [3.05, 3.63) is 29.8 Å². The van der Waals surface area contributed by atoms with E-state index in [0.717, 1.165) is 18.4 Å². The molecular formula is C14H21O3S-. The van der Waals surface area contributed by atoms with Crippen LogP contribution in [0.25, 0.3) is 0 Å². The molecule has 4 heteroatoms. The Hall–Kier alpha value is -0.870. The molecule has 18 heavy (non-hydrogen) atoms. The largest absolute Gasteiger partial charge is 0.744 e. The molecule has 0 saturated heterocycles. The molecule has 0 saturated carbocycles. The Morgan fingerprint density at radius 1 is 1.17 bits per heavy atom. The van der Waals surface area contributed by atoms with Crippen molar-refractivity contribution < 1.29 is 13.0 Å². The van der Waals surface area contributed by atoms with E-state index in [1.54, 1.807) is 12.1 Å². The Labute approximate surface area is 110 Å². The summed E-state index contributed by atoms with van der Waals surface area (Å²) in [5.74, 6) is 0.639. The highest BCUT2D eigenvalue weighted by atomic mass is 32.2. The van der Waals surface area contributed by atoms with Gasteiger partial charge in [0.2, 0.25) is 0 Å². The Bertz CT molecular complexity index is 448. The van der Waals surface area contributed by atoms with E-state index in [1.807, 2.05) is 0 Å². The van der Waals surface area contributed by atoms with Gasteiger partial charge < -0.3 is 4.55 Å². The maximum absolute atomic E-state index is 10.8. The molecule has 1 atom stereocenters. The van der Waals surface area contributed by atoms with Crippen LogP contribution >= 0.6 is 0 Å². The van der Waals surface area contributed by atoms with Crippen molar-refractivity contribution >= 4 is 10.1 Å². The van der Waals surface area contributed by atoms with Crippen molar-refractivity contribution in [3.8, 4) is 0 Å². The first kappa shape index (κ1) is 15.2. The van der Waals surface area contributed by atoms with Crippen molar-refractivity contribution in [2.75, 3.05) is 0 Å². The molecule has 0 bridgehead atoms. The summed E-state index contributed by atoms with van der Waals surface area (Å²) in [6.07, 6.45) is 5.71. The fourth-order valence-corrected chi connectivity index (χ4v) is 2.54. The maximum atomic E-state index is 10.8. The lowest BCUT2D eigenvalue weighted by Gasteiger charge is -2.15. The van der Waals surface area contributed by atoms with E-state index in [-0.39, 0.29) is 4.90 Å². The van der Waals surface area contributed by atoms with Gasteiger partial charge in [-0.25, -0.2) is 8.42 Å². The fraction of sp³-hybridized carbons (Fsp3) is 0.571. The summed E-state index contributed by atoms with van der Waals surface area (Å²) in [5, 5.41) is 0. The molecule has 0 aliphatic rings. The number of hydrogen-bond acceptors (Lipinski definition) is 3. The Kier molecular flexibility index (Phi) is 5.82. The lowest BCUT2D eigenvalue weighted by Crippen LogP contribution is -2.04. The predicted molar refractivity (Wildman–Crippen MR) is 71.4 cm³/mol. The maximum Gasteiger partial charge on any atom is 0.124 e. The van der Waals surface area contributed by atoms with E-state index in [2.05, 4.69) is 13.8 Å². The third kappa shape index (κ3) is 4.78. The molecule has 0 N–H and O–H groups in total. The Morgan fingerprint density at radius 3 is 2.22 bits per heavy atom. The molecule has 1 rings (SSSR count). The Balaban J connectivity index is 2.68. The molecule has 1 aromatic rings. The van der Waals surface area contributed by atoms with Gasteiger partial charge in [0.25, 0.3) is 0 Å². The normalized spacial score (nSPS) is 13.5. The van der Waals surface area contributed by atoms with Gasteiger partial charge in [0.05, 0.1) is 4.90 Å². The first-order chi connectivity index (χ1) is 8.47. The molecule has 0 aromatic heterocycles. The van der Waals surface area contributed by atoms with Crippen LogP contribution < -0.4 is 0 Å². The van der Waals surface area contributed by atoms with Crippen LogP contribution in [0.4, 0.5) is 0 Å². The van der Waals surface area contributed by atoms with Gasteiger partial charge in [-0.2, -0.15) is 0 Å². The average molecular weight is 269 g/mol. The molecule has 0 fully saturated rings. The monoisotopic (exact) mass is 269 g/mol. The second kappa shape index (κ2) is 6.90. The second-order valence-corrected chi connectivity index (χ2v) is 6.10. The SMILES string of the molecule is CCCCC(CC)Cc1ccc(S(=O)(=O)[O-])cc1. The van der Waals surface area contributed by atoms with E-state index in [0.29, 0.717) is 5.92 Å². The lowest BCUT2D eigenvalue weighted by molar-refractivity contribution is 0.449. The zero-order chi connectivity index (χ0) is 13.6. The molecule has 102 valence electrons. The molecule has 0 aliphatic carbocycles. The summed E-state index contributed by atoms with van der Waals surface area (Å²) in [7, 11) is -4.32. The lowest BCUT2D eigenvalue weighted by atomic mass is 9.92. The molecule has 0 spiro atoms. The van der Waals surface area contributed by atoms with Crippen molar-refractivity contribution in [1.29, 1.82) is 0 Å². The smallest absolute Gasteiger partial charge is 0.124 e. The van der Waals surface area contributed by atoms with Crippen molar-refractivity contribution in [3.63, 3.8) is 0 Å². The van der Waals surface area contributed by atoms with E-state index < -0.39 is 10.1 Å². The number of benzene rings is 1. The van der Waals surface area contributed by atoms with Crippen LogP contribution in [0.15, 0.2) is 29.2 Å². The number of unbranched alkanes of at least 4 members (excludes halogenated alkanes) is 1. The first-order valence-electron chi connectivity index (χ1n) is 6.52. The minimum Gasteiger partial charge on any atom is -0.744 e. The summed E-state index contributed by atoms with van der Waals surface area (Å²) < 4.78 is 32.4. The number of rotatable bonds is 7. The van der Waals surface area contributed by atoms with Gasteiger partial charge in [0.1, 0.15) is 10.1 Å². The van der Waals surface area contributed by atoms with Crippen molar-refractivity contribution in [2.45, 2.75) is 50.8 Å². The van der Waals surface area contributed by atoms with Gasteiger partial charge in [0, 0.05) is 0 Å². The average Bonchev–Trinajstić information content (AvgIpc) is 2.34. The van der Waals surface area contributed by atoms with Crippen LogP contribution in [0.2, 0.25) is 0 Å². The molecule has 1 unspecified atom stereocenters. The summed E-state index contributed by atoms with van der Waals surface area (Å²) in [5.41, 5.74) is 1.10. The third-order valence-corrected chi connectivity index (χ3v) is 4.13. The standard InChI is InChI=1S/C14H22O3S/c1-3-5-6-12(4-2)11-13-7-9-14(10-8-13)18(15,16)17/h7-10,12H,3-6,11H2,1-2H3,(H,15,16,17)/p-1. The molecule has 0 heterocycles. The van der Waals surface area contributed by atoms with Gasteiger partial charge in [0.15, 0.2) is 0 Å². The van der Waals surface area contributed by atoms with Crippen molar-refractivity contribution in [2.24, 2.45) is 5.92 Å². The molecule has 0 aliphatic heterocycles. The van der Waals surface area contributed by atoms with E-state index in [1.165, 1.54) is 31.4 Å². The van der Waals surface area contributed by atoms with E-state index in [4.69, 9.17) is 0 Å². The molecule has 3 nitrogen and oxygen atoms in total. The van der Waals surface area contributed by atoms with Gasteiger partial charge in [-0.15, -0.1) is 0 Å². The highest BCUT2D eigenvalue weighted by Crippen LogP contribution is 2.19. The summed E-state index contributed by atoms with van der Waals surface area (Å²) in [6.45, 7) is 4.36. The quantitative estimate of drug-likeness (QED) is 0.713. The van der Waals surface area contributed by atoms with Crippen LogP contribution in [0.5, 0.6) is 0 Å². The molecule has 1 aromatic carbocycles. The zero-order valence-electron chi connectivity index (χ0n) is 11.1. The van der Waals surface area contributed by atoms with Gasteiger partial charge >= 0.3 is 0 Å². The van der Waals surface area contributed by atoms with Gasteiger partial charge in [-0.1, -0.05) is 51.7 Å². The molecular weight excluding hydrogens is 248 g/mol. The molecule has 0 amide bonds. The topological polar surface area (TPSA) is 57.2 Å².